The van der Waals surface area contributed by atoms with E-state index < -0.39 is 4.92 Å². The Morgan fingerprint density at radius 1 is 1.61 bits per heavy atom. The molecule has 2 heterocycles. The predicted molar refractivity (Wildman–Crippen MR) is 65.4 cm³/mol. The first kappa shape index (κ1) is 12.4. The van der Waals surface area contributed by atoms with E-state index in [2.05, 4.69) is 10.1 Å². The van der Waals surface area contributed by atoms with Crippen molar-refractivity contribution in [2.75, 3.05) is 5.73 Å². The van der Waals surface area contributed by atoms with Crippen LogP contribution in [-0.4, -0.2) is 24.3 Å². The number of nitrogens with two attached hydrogens (primary N) is 1. The minimum absolute atomic E-state index is 0.0108. The molecule has 0 saturated heterocycles. The second-order valence-electron chi connectivity index (χ2n) is 3.79. The van der Waals surface area contributed by atoms with Crippen LogP contribution in [0.25, 0.3) is 0 Å². The molecule has 0 atom stereocenters. The highest BCUT2D eigenvalue weighted by Gasteiger charge is 2.23. The highest BCUT2D eigenvalue weighted by Crippen LogP contribution is 2.25. The maximum absolute atomic E-state index is 10.8. The molecule has 0 unspecified atom stereocenters. The van der Waals surface area contributed by atoms with Crippen molar-refractivity contribution < 1.29 is 4.92 Å². The minimum Gasteiger partial charge on any atom is -0.378 e. The number of nitrogen functional groups attached to an aromatic ring is 1. The van der Waals surface area contributed by atoms with E-state index in [9.17, 15) is 10.1 Å². The van der Waals surface area contributed by atoms with Crippen LogP contribution in [0.1, 0.15) is 11.5 Å². The second kappa shape index (κ2) is 4.30. The summed E-state index contributed by atoms with van der Waals surface area (Å²) in [7, 11) is 1.74. The van der Waals surface area contributed by atoms with E-state index in [0.717, 1.165) is 0 Å². The van der Waals surface area contributed by atoms with Crippen LogP contribution < -0.4 is 5.73 Å². The number of nitro groups is 1. The van der Waals surface area contributed by atoms with E-state index in [4.69, 9.17) is 17.3 Å². The molecule has 0 bridgehead atoms. The molecular weight excluding hydrogens is 260 g/mol. The quantitative estimate of drug-likeness (QED) is 0.664. The zero-order valence-corrected chi connectivity index (χ0v) is 10.5. The molecule has 2 aromatic rings. The lowest BCUT2D eigenvalue weighted by Gasteiger charge is -2.04. The van der Waals surface area contributed by atoms with Crippen LogP contribution in [0.3, 0.4) is 0 Å². The van der Waals surface area contributed by atoms with Crippen molar-refractivity contribution in [1.29, 1.82) is 0 Å². The first-order chi connectivity index (χ1) is 8.41. The van der Waals surface area contributed by atoms with Gasteiger partial charge in [-0.1, -0.05) is 11.6 Å². The van der Waals surface area contributed by atoms with Gasteiger partial charge in [0.2, 0.25) is 5.82 Å². The van der Waals surface area contributed by atoms with Crippen LogP contribution in [-0.2, 0) is 13.6 Å². The number of rotatable bonds is 3. The maximum Gasteiger partial charge on any atom is 0.333 e. The smallest absolute Gasteiger partial charge is 0.333 e. The van der Waals surface area contributed by atoms with Crippen molar-refractivity contribution in [3.05, 3.63) is 33.0 Å². The molecule has 0 amide bonds. The molecule has 0 aliphatic heterocycles. The second-order valence-corrected chi connectivity index (χ2v) is 4.18. The Bertz CT molecular complexity index is 617. The highest BCUT2D eigenvalue weighted by atomic mass is 35.5. The third kappa shape index (κ3) is 1.90. The lowest BCUT2D eigenvalue weighted by Crippen LogP contribution is -2.10. The molecule has 0 aliphatic rings. The third-order valence-electron chi connectivity index (χ3n) is 2.64. The fraction of sp³-hybridized carbons (Fsp3) is 0.333. The molecule has 2 N–H and O–H groups in total. The molecule has 0 spiro atoms. The zero-order valence-electron chi connectivity index (χ0n) is 9.79. The van der Waals surface area contributed by atoms with Gasteiger partial charge in [0.05, 0.1) is 11.1 Å². The number of hydrogen-bond donors (Lipinski definition) is 1. The predicted octanol–water partition coefficient (Wildman–Crippen LogP) is 1.12. The van der Waals surface area contributed by atoms with Gasteiger partial charge < -0.3 is 10.3 Å². The van der Waals surface area contributed by atoms with Gasteiger partial charge in [0.1, 0.15) is 23.2 Å². The summed E-state index contributed by atoms with van der Waals surface area (Å²) < 4.78 is 3.00. The topological polar surface area (TPSA) is 105 Å². The van der Waals surface area contributed by atoms with E-state index in [1.54, 1.807) is 11.6 Å². The number of halogens is 1. The van der Waals surface area contributed by atoms with E-state index in [1.807, 2.05) is 0 Å². The van der Waals surface area contributed by atoms with Crippen molar-refractivity contribution in [3.63, 3.8) is 0 Å². The van der Waals surface area contributed by atoms with Crippen LogP contribution in [0, 0.1) is 17.0 Å². The van der Waals surface area contributed by atoms with Crippen LogP contribution in [0.4, 0.5) is 11.5 Å². The van der Waals surface area contributed by atoms with Gasteiger partial charge in [0.25, 0.3) is 0 Å². The minimum atomic E-state index is -0.542. The van der Waals surface area contributed by atoms with Crippen molar-refractivity contribution in [2.45, 2.75) is 13.5 Å². The number of hydrogen-bond acceptors (Lipinski definition) is 5. The average Bonchev–Trinajstić information content (AvgIpc) is 2.73. The maximum atomic E-state index is 10.8. The van der Waals surface area contributed by atoms with Crippen molar-refractivity contribution >= 4 is 23.1 Å². The van der Waals surface area contributed by atoms with Crippen molar-refractivity contribution in [2.24, 2.45) is 7.05 Å². The van der Waals surface area contributed by atoms with Crippen LogP contribution in [0.15, 0.2) is 6.20 Å². The van der Waals surface area contributed by atoms with Crippen molar-refractivity contribution in [3.8, 4) is 0 Å². The fourth-order valence-corrected chi connectivity index (χ4v) is 1.79. The lowest BCUT2D eigenvalue weighted by atomic mass is 10.4. The van der Waals surface area contributed by atoms with Gasteiger partial charge in [0, 0.05) is 7.05 Å². The number of aromatic nitrogens is 4. The van der Waals surface area contributed by atoms with E-state index in [1.165, 1.54) is 17.8 Å². The van der Waals surface area contributed by atoms with Crippen LogP contribution in [0.2, 0.25) is 5.15 Å². The van der Waals surface area contributed by atoms with Crippen molar-refractivity contribution in [1.82, 2.24) is 19.3 Å². The molecule has 9 heteroatoms. The molecule has 0 fully saturated rings. The summed E-state index contributed by atoms with van der Waals surface area (Å²) in [4.78, 5) is 14.3. The molecular formula is C9H11ClN6O2. The fourth-order valence-electron chi connectivity index (χ4n) is 1.64. The summed E-state index contributed by atoms with van der Waals surface area (Å²) in [6.07, 6.45) is 1.50. The highest BCUT2D eigenvalue weighted by molar-refractivity contribution is 6.29. The SMILES string of the molecule is Cc1nn(Cc2ncc(Cl)n2C)c(N)c1[N+](=O)[O-]. The van der Waals surface area contributed by atoms with E-state index >= 15 is 0 Å². The van der Waals surface area contributed by atoms with Crippen LogP contribution in [0.5, 0.6) is 0 Å². The molecule has 2 aromatic heterocycles. The Morgan fingerprint density at radius 2 is 2.28 bits per heavy atom. The van der Waals surface area contributed by atoms with Crippen LogP contribution >= 0.6 is 11.6 Å². The Kier molecular flexibility index (Phi) is 2.95. The number of anilines is 1. The Labute approximate surface area is 107 Å². The molecule has 8 nitrogen and oxygen atoms in total. The molecule has 0 aliphatic carbocycles. The van der Waals surface area contributed by atoms with Gasteiger partial charge in [-0.3, -0.25) is 10.1 Å². The Balaban J connectivity index is 2.39. The van der Waals surface area contributed by atoms with Gasteiger partial charge in [-0.25, -0.2) is 9.67 Å². The van der Waals surface area contributed by atoms with E-state index in [0.29, 0.717) is 11.0 Å². The van der Waals surface area contributed by atoms with Gasteiger partial charge >= 0.3 is 5.69 Å². The Hall–Kier alpha value is -2.09. The summed E-state index contributed by atoms with van der Waals surface area (Å²) in [5.41, 5.74) is 5.80. The number of nitrogens with zero attached hydrogens (tertiary/aromatic N) is 5. The Morgan fingerprint density at radius 3 is 2.72 bits per heavy atom. The monoisotopic (exact) mass is 270 g/mol. The summed E-state index contributed by atoms with van der Waals surface area (Å²) in [6, 6.07) is 0. The molecule has 0 radical (unpaired) electrons. The molecule has 18 heavy (non-hydrogen) atoms. The standard InChI is InChI=1S/C9H11ClN6O2/c1-5-8(16(17)18)9(11)15(13-5)4-7-12-3-6(10)14(7)2/h3H,4,11H2,1-2H3. The lowest BCUT2D eigenvalue weighted by molar-refractivity contribution is -0.384. The summed E-state index contributed by atoms with van der Waals surface area (Å²) in [5, 5.41) is 15.3. The van der Waals surface area contributed by atoms with Gasteiger partial charge in [0.15, 0.2) is 0 Å². The molecule has 0 aromatic carbocycles. The largest absolute Gasteiger partial charge is 0.378 e. The molecule has 2 rings (SSSR count). The number of aryl methyl sites for hydroxylation is 1. The molecule has 96 valence electrons. The summed E-state index contributed by atoms with van der Waals surface area (Å²) in [6.45, 7) is 1.76. The average molecular weight is 271 g/mol. The normalized spacial score (nSPS) is 10.8. The molecule has 0 saturated carbocycles. The van der Waals surface area contributed by atoms with Gasteiger partial charge in [-0.2, -0.15) is 5.10 Å². The first-order valence-electron chi connectivity index (χ1n) is 5.05. The summed E-state index contributed by atoms with van der Waals surface area (Å²) >= 11 is 5.85. The summed E-state index contributed by atoms with van der Waals surface area (Å²) in [5.74, 6) is 0.626. The first-order valence-corrected chi connectivity index (χ1v) is 5.43. The number of imidazole rings is 1. The third-order valence-corrected chi connectivity index (χ3v) is 2.99. The van der Waals surface area contributed by atoms with Gasteiger partial charge in [-0.05, 0) is 6.92 Å². The zero-order chi connectivity index (χ0) is 13.4. The van der Waals surface area contributed by atoms with E-state index in [-0.39, 0.29) is 23.7 Å². The van der Waals surface area contributed by atoms with Gasteiger partial charge in [-0.15, -0.1) is 0 Å².